The monoisotopic (exact) mass is 357 g/mol. The molecule has 5 heteroatoms. The van der Waals surface area contributed by atoms with E-state index in [1.807, 2.05) is 0 Å². The molecule has 1 unspecified atom stereocenters. The van der Waals surface area contributed by atoms with Gasteiger partial charge in [0.05, 0.1) is 12.7 Å². The van der Waals surface area contributed by atoms with Crippen molar-refractivity contribution in [1.29, 1.82) is 0 Å². The van der Waals surface area contributed by atoms with E-state index >= 15 is 0 Å². The highest BCUT2D eigenvalue weighted by molar-refractivity contribution is 4.91. The van der Waals surface area contributed by atoms with Crippen molar-refractivity contribution in [3.8, 4) is 0 Å². The number of methoxy groups -OCH3 is 2. The van der Waals surface area contributed by atoms with Gasteiger partial charge in [-0.15, -0.1) is 0 Å². The molecule has 1 saturated heterocycles. The molecule has 148 valence electrons. The van der Waals surface area contributed by atoms with Gasteiger partial charge in [0.25, 0.3) is 0 Å². The molecule has 0 radical (unpaired) electrons. The van der Waals surface area contributed by atoms with Gasteiger partial charge < -0.3 is 24.3 Å². The second kappa shape index (κ2) is 9.14. The summed E-state index contributed by atoms with van der Waals surface area (Å²) < 4.78 is 22.8. The maximum atomic E-state index is 6.35. The molecule has 2 aliphatic rings. The van der Waals surface area contributed by atoms with E-state index in [9.17, 15) is 0 Å². The zero-order valence-electron chi connectivity index (χ0n) is 17.1. The van der Waals surface area contributed by atoms with Gasteiger partial charge in [0, 0.05) is 33.6 Å². The molecule has 2 fully saturated rings. The van der Waals surface area contributed by atoms with Gasteiger partial charge in [-0.2, -0.15) is 0 Å². The standard InChI is InChI=1S/C20H39NO4/c1-15(2)19(3,4)16-7-10-20(11-8-16)24-14-17(25-20)9-12-21-13-18(22-5)23-6/h15-18,21H,7-14H2,1-6H3. The van der Waals surface area contributed by atoms with Gasteiger partial charge in [-0.1, -0.05) is 27.7 Å². The molecule has 0 amide bonds. The van der Waals surface area contributed by atoms with Gasteiger partial charge >= 0.3 is 0 Å². The third kappa shape index (κ3) is 5.39. The van der Waals surface area contributed by atoms with Crippen molar-refractivity contribution in [3.63, 3.8) is 0 Å². The Labute approximate surface area is 154 Å². The van der Waals surface area contributed by atoms with Crippen molar-refractivity contribution in [2.24, 2.45) is 17.3 Å². The highest BCUT2D eigenvalue weighted by atomic mass is 16.7. The SMILES string of the molecule is COC(CNCCC1COC2(CCC(C(C)(C)C(C)C)CC2)O1)OC. The Balaban J connectivity index is 1.70. The minimum absolute atomic E-state index is 0.188. The van der Waals surface area contributed by atoms with Crippen LogP contribution in [0, 0.1) is 17.3 Å². The number of hydrogen-bond acceptors (Lipinski definition) is 5. The lowest BCUT2D eigenvalue weighted by Gasteiger charge is -2.44. The smallest absolute Gasteiger partial charge is 0.169 e. The molecule has 25 heavy (non-hydrogen) atoms. The highest BCUT2D eigenvalue weighted by Crippen LogP contribution is 2.48. The first-order chi connectivity index (χ1) is 11.8. The predicted molar refractivity (Wildman–Crippen MR) is 99.4 cm³/mol. The average molecular weight is 358 g/mol. The normalized spacial score (nSPS) is 30.7. The van der Waals surface area contributed by atoms with Crippen molar-refractivity contribution in [1.82, 2.24) is 5.32 Å². The lowest BCUT2D eigenvalue weighted by Crippen LogP contribution is -2.41. The van der Waals surface area contributed by atoms with E-state index in [-0.39, 0.29) is 18.2 Å². The molecule has 1 saturated carbocycles. The van der Waals surface area contributed by atoms with Crippen molar-refractivity contribution < 1.29 is 18.9 Å². The summed E-state index contributed by atoms with van der Waals surface area (Å²) in [5, 5.41) is 3.36. The minimum Gasteiger partial charge on any atom is -0.355 e. The molecule has 1 heterocycles. The summed E-state index contributed by atoms with van der Waals surface area (Å²) in [5.74, 6) is 1.17. The van der Waals surface area contributed by atoms with Gasteiger partial charge in [0.2, 0.25) is 0 Å². The van der Waals surface area contributed by atoms with E-state index in [1.54, 1.807) is 14.2 Å². The molecule has 1 aliphatic heterocycles. The molecule has 1 spiro atoms. The first-order valence-electron chi connectivity index (χ1n) is 9.91. The fourth-order valence-corrected chi connectivity index (χ4v) is 4.04. The fraction of sp³-hybridized carbons (Fsp3) is 1.00. The van der Waals surface area contributed by atoms with Crippen LogP contribution >= 0.6 is 0 Å². The molecule has 1 aliphatic carbocycles. The molecule has 1 N–H and O–H groups in total. The molecule has 2 rings (SSSR count). The van der Waals surface area contributed by atoms with E-state index in [4.69, 9.17) is 18.9 Å². The van der Waals surface area contributed by atoms with Gasteiger partial charge in [0.15, 0.2) is 12.1 Å². The predicted octanol–water partition coefficient (Wildman–Crippen LogP) is 3.57. The largest absolute Gasteiger partial charge is 0.355 e. The number of hydrogen-bond donors (Lipinski definition) is 1. The lowest BCUT2D eigenvalue weighted by molar-refractivity contribution is -0.198. The van der Waals surface area contributed by atoms with Crippen LogP contribution in [-0.2, 0) is 18.9 Å². The van der Waals surface area contributed by atoms with E-state index in [0.29, 0.717) is 17.9 Å². The Kier molecular flexibility index (Phi) is 7.71. The molecule has 0 aromatic rings. The second-order valence-electron chi connectivity index (χ2n) is 8.61. The lowest BCUT2D eigenvalue weighted by atomic mass is 9.64. The summed E-state index contributed by atoms with van der Waals surface area (Å²) in [7, 11) is 3.31. The summed E-state index contributed by atoms with van der Waals surface area (Å²) in [6, 6.07) is 0. The maximum absolute atomic E-state index is 6.35. The number of rotatable bonds is 9. The van der Waals surface area contributed by atoms with Crippen LogP contribution in [0.2, 0.25) is 0 Å². The van der Waals surface area contributed by atoms with Crippen molar-refractivity contribution in [2.75, 3.05) is 33.9 Å². The van der Waals surface area contributed by atoms with Crippen LogP contribution in [0.3, 0.4) is 0 Å². The van der Waals surface area contributed by atoms with Crippen molar-refractivity contribution in [3.05, 3.63) is 0 Å². The first-order valence-corrected chi connectivity index (χ1v) is 9.91. The molecule has 0 aromatic heterocycles. The summed E-state index contributed by atoms with van der Waals surface area (Å²) >= 11 is 0. The summed E-state index contributed by atoms with van der Waals surface area (Å²) in [5.41, 5.74) is 0.392. The summed E-state index contributed by atoms with van der Waals surface area (Å²) in [6.45, 7) is 11.8. The molecule has 0 aromatic carbocycles. The minimum atomic E-state index is -0.310. The third-order valence-corrected chi connectivity index (χ3v) is 6.68. The van der Waals surface area contributed by atoms with Gasteiger partial charge in [-0.25, -0.2) is 0 Å². The zero-order valence-corrected chi connectivity index (χ0v) is 17.1. The molecule has 1 atom stereocenters. The third-order valence-electron chi connectivity index (χ3n) is 6.68. The second-order valence-corrected chi connectivity index (χ2v) is 8.61. The van der Waals surface area contributed by atoms with E-state index in [2.05, 4.69) is 33.0 Å². The summed E-state index contributed by atoms with van der Waals surface area (Å²) in [6.07, 6.45) is 5.46. The van der Waals surface area contributed by atoms with Crippen LogP contribution in [0.25, 0.3) is 0 Å². The van der Waals surface area contributed by atoms with Crippen LogP contribution in [0.15, 0.2) is 0 Å². The Morgan fingerprint density at radius 3 is 2.36 bits per heavy atom. The number of ether oxygens (including phenoxy) is 4. The number of nitrogens with one attached hydrogen (secondary N) is 1. The maximum Gasteiger partial charge on any atom is 0.169 e. The highest BCUT2D eigenvalue weighted by Gasteiger charge is 2.46. The Bertz CT molecular complexity index is 387. The quantitative estimate of drug-likeness (QED) is 0.505. The molecule has 5 nitrogen and oxygen atoms in total. The van der Waals surface area contributed by atoms with E-state index < -0.39 is 0 Å². The first kappa shape index (κ1) is 21.1. The van der Waals surface area contributed by atoms with E-state index in [1.165, 1.54) is 12.8 Å². The van der Waals surface area contributed by atoms with Crippen LogP contribution in [-0.4, -0.2) is 52.1 Å². The topological polar surface area (TPSA) is 49.0 Å². The fourth-order valence-electron chi connectivity index (χ4n) is 4.04. The van der Waals surface area contributed by atoms with Gasteiger partial charge in [-0.05, 0) is 43.1 Å². The van der Waals surface area contributed by atoms with Crippen LogP contribution < -0.4 is 5.32 Å². The van der Waals surface area contributed by atoms with Crippen LogP contribution in [0.1, 0.15) is 59.8 Å². The molecular formula is C20H39NO4. The Morgan fingerprint density at radius 1 is 1.16 bits per heavy atom. The zero-order chi connectivity index (χ0) is 18.5. The molecule has 0 bridgehead atoms. The van der Waals surface area contributed by atoms with Crippen molar-refractivity contribution >= 4 is 0 Å². The average Bonchev–Trinajstić information content (AvgIpc) is 2.98. The Hall–Kier alpha value is -0.200. The van der Waals surface area contributed by atoms with Gasteiger partial charge in [-0.3, -0.25) is 0 Å². The molecular weight excluding hydrogens is 318 g/mol. The summed E-state index contributed by atoms with van der Waals surface area (Å²) in [4.78, 5) is 0. The van der Waals surface area contributed by atoms with Crippen molar-refractivity contribution in [2.45, 2.75) is 78.0 Å². The van der Waals surface area contributed by atoms with Crippen LogP contribution in [0.5, 0.6) is 0 Å². The van der Waals surface area contributed by atoms with E-state index in [0.717, 1.165) is 38.3 Å². The van der Waals surface area contributed by atoms with Gasteiger partial charge in [0.1, 0.15) is 0 Å². The Morgan fingerprint density at radius 2 is 1.80 bits per heavy atom. The van der Waals surface area contributed by atoms with Crippen LogP contribution in [0.4, 0.5) is 0 Å².